The van der Waals surface area contributed by atoms with Crippen LogP contribution >= 0.6 is 0 Å². The van der Waals surface area contributed by atoms with Crippen molar-refractivity contribution < 1.29 is 14.3 Å². The molecule has 154 valence electrons. The maximum absolute atomic E-state index is 13.1. The molecule has 2 fully saturated rings. The summed E-state index contributed by atoms with van der Waals surface area (Å²) in [5, 5.41) is 2.97. The van der Waals surface area contributed by atoms with Gasteiger partial charge in [-0.15, -0.1) is 0 Å². The van der Waals surface area contributed by atoms with E-state index in [1.54, 1.807) is 7.11 Å². The van der Waals surface area contributed by atoms with E-state index in [-0.39, 0.29) is 29.6 Å². The van der Waals surface area contributed by atoms with Crippen LogP contribution < -0.4 is 5.32 Å². The molecule has 0 aromatic heterocycles. The molecule has 1 aromatic rings. The molecule has 0 spiro atoms. The molecule has 2 aliphatic rings. The van der Waals surface area contributed by atoms with Gasteiger partial charge in [-0.05, 0) is 36.8 Å². The Morgan fingerprint density at radius 3 is 2.46 bits per heavy atom. The van der Waals surface area contributed by atoms with E-state index in [1.165, 1.54) is 11.1 Å². The molecule has 5 nitrogen and oxygen atoms in total. The number of nitrogens with zero attached hydrogens (tertiary/aromatic N) is 1. The highest BCUT2D eigenvalue weighted by atomic mass is 16.5. The number of piperidine rings is 1. The van der Waals surface area contributed by atoms with E-state index in [0.717, 1.165) is 45.1 Å². The molecule has 1 N–H and O–H groups in total. The fourth-order valence-electron chi connectivity index (χ4n) is 4.59. The number of likely N-dealkylation sites (tertiary alicyclic amines) is 1. The molecule has 2 atom stereocenters. The summed E-state index contributed by atoms with van der Waals surface area (Å²) in [6.07, 6.45) is 6.09. The smallest absolute Gasteiger partial charge is 0.225 e. The van der Waals surface area contributed by atoms with Crippen LogP contribution in [0.1, 0.15) is 56.1 Å². The topological polar surface area (TPSA) is 58.6 Å². The highest BCUT2D eigenvalue weighted by Gasteiger charge is 2.37. The summed E-state index contributed by atoms with van der Waals surface area (Å²) in [5.41, 5.74) is 2.54. The number of benzene rings is 1. The van der Waals surface area contributed by atoms with Crippen LogP contribution in [-0.4, -0.2) is 50.1 Å². The van der Waals surface area contributed by atoms with Crippen LogP contribution in [0.4, 0.5) is 0 Å². The predicted octanol–water partition coefficient (Wildman–Crippen LogP) is 3.13. The molecular formula is C23H34N2O3. The number of amides is 2. The molecule has 28 heavy (non-hydrogen) atoms. The summed E-state index contributed by atoms with van der Waals surface area (Å²) < 4.78 is 5.04. The average Bonchev–Trinajstić information content (AvgIpc) is 3.28. The van der Waals surface area contributed by atoms with Crippen LogP contribution in [0.3, 0.4) is 0 Å². The number of carbonyl (C=O) groups excluding carboxylic acids is 2. The summed E-state index contributed by atoms with van der Waals surface area (Å²) in [7, 11) is 1.63. The van der Waals surface area contributed by atoms with Gasteiger partial charge in [-0.25, -0.2) is 0 Å². The van der Waals surface area contributed by atoms with E-state index < -0.39 is 0 Å². The molecule has 1 saturated carbocycles. The fraction of sp³-hybridized carbons (Fsp3) is 0.652. The second-order valence-electron chi connectivity index (χ2n) is 8.23. The number of hydrogen-bond donors (Lipinski definition) is 1. The Balaban J connectivity index is 1.74. The minimum atomic E-state index is -0.160. The van der Waals surface area contributed by atoms with Gasteiger partial charge >= 0.3 is 0 Å². The average molecular weight is 387 g/mol. The largest absolute Gasteiger partial charge is 0.383 e. The van der Waals surface area contributed by atoms with Crippen LogP contribution in [0, 0.1) is 11.8 Å². The number of nitrogens with one attached hydrogen (secondary N) is 1. The number of aryl methyl sites for hydroxylation is 1. The van der Waals surface area contributed by atoms with Crippen LogP contribution in [0.5, 0.6) is 0 Å². The predicted molar refractivity (Wildman–Crippen MR) is 110 cm³/mol. The van der Waals surface area contributed by atoms with Gasteiger partial charge in [0.1, 0.15) is 0 Å². The van der Waals surface area contributed by atoms with Crippen molar-refractivity contribution in [3.8, 4) is 0 Å². The molecule has 0 radical (unpaired) electrons. The van der Waals surface area contributed by atoms with Crippen LogP contribution in [0.2, 0.25) is 0 Å². The second-order valence-corrected chi connectivity index (χ2v) is 8.23. The molecule has 1 aliphatic carbocycles. The standard InChI is InChI=1S/C23H34N2O3/c1-3-17-8-10-18(11-9-17)20-14-21(22(26)24-12-13-28-2)16-25(15-20)23(27)19-6-4-5-7-19/h8-11,19-21H,3-7,12-16H2,1-2H3,(H,24,26). The third-order valence-corrected chi connectivity index (χ3v) is 6.30. The van der Waals surface area contributed by atoms with Gasteiger partial charge in [0.2, 0.25) is 11.8 Å². The van der Waals surface area contributed by atoms with Crippen molar-refractivity contribution in [3.63, 3.8) is 0 Å². The second kappa shape index (κ2) is 10.1. The zero-order chi connectivity index (χ0) is 19.9. The van der Waals surface area contributed by atoms with Gasteiger partial charge in [0.25, 0.3) is 0 Å². The van der Waals surface area contributed by atoms with Gasteiger partial charge in [0, 0.05) is 38.6 Å². The first-order valence-corrected chi connectivity index (χ1v) is 10.8. The molecule has 5 heteroatoms. The number of hydrogen-bond acceptors (Lipinski definition) is 3. The first kappa shape index (κ1) is 20.8. The van der Waals surface area contributed by atoms with Gasteiger partial charge < -0.3 is 15.0 Å². The van der Waals surface area contributed by atoms with Gasteiger partial charge in [0.05, 0.1) is 12.5 Å². The van der Waals surface area contributed by atoms with Crippen molar-refractivity contribution in [2.24, 2.45) is 11.8 Å². The van der Waals surface area contributed by atoms with Crippen LogP contribution in [0.15, 0.2) is 24.3 Å². The van der Waals surface area contributed by atoms with Crippen molar-refractivity contribution in [3.05, 3.63) is 35.4 Å². The lowest BCUT2D eigenvalue weighted by Gasteiger charge is -2.38. The summed E-state index contributed by atoms with van der Waals surface area (Å²) in [6, 6.07) is 8.68. The van der Waals surface area contributed by atoms with Crippen LogP contribution in [0.25, 0.3) is 0 Å². The van der Waals surface area contributed by atoms with E-state index in [4.69, 9.17) is 4.74 Å². The maximum Gasteiger partial charge on any atom is 0.225 e. The van der Waals surface area contributed by atoms with E-state index in [9.17, 15) is 9.59 Å². The highest BCUT2D eigenvalue weighted by molar-refractivity contribution is 5.82. The SMILES string of the molecule is CCc1ccc(C2CC(C(=O)NCCOC)CN(C(=O)C3CCCC3)C2)cc1. The van der Waals surface area contributed by atoms with Crippen molar-refractivity contribution in [2.75, 3.05) is 33.4 Å². The number of carbonyl (C=O) groups is 2. The zero-order valence-corrected chi connectivity index (χ0v) is 17.3. The lowest BCUT2D eigenvalue weighted by Crippen LogP contribution is -2.49. The molecule has 1 aromatic carbocycles. The van der Waals surface area contributed by atoms with Gasteiger partial charge in [-0.3, -0.25) is 9.59 Å². The lowest BCUT2D eigenvalue weighted by atomic mass is 9.83. The third kappa shape index (κ3) is 5.13. The van der Waals surface area contributed by atoms with Crippen molar-refractivity contribution in [1.29, 1.82) is 0 Å². The van der Waals surface area contributed by atoms with E-state index >= 15 is 0 Å². The molecule has 2 amide bonds. The van der Waals surface area contributed by atoms with Crippen molar-refractivity contribution in [2.45, 2.75) is 51.4 Å². The monoisotopic (exact) mass is 386 g/mol. The van der Waals surface area contributed by atoms with Crippen molar-refractivity contribution >= 4 is 11.8 Å². The number of methoxy groups -OCH3 is 1. The third-order valence-electron chi connectivity index (χ3n) is 6.30. The minimum absolute atomic E-state index is 0.0381. The van der Waals surface area contributed by atoms with Gasteiger partial charge in [0.15, 0.2) is 0 Å². The summed E-state index contributed by atoms with van der Waals surface area (Å²) in [6.45, 7) is 4.43. The fourth-order valence-corrected chi connectivity index (χ4v) is 4.59. The maximum atomic E-state index is 13.1. The molecule has 3 rings (SSSR count). The Morgan fingerprint density at radius 2 is 1.82 bits per heavy atom. The van der Waals surface area contributed by atoms with Crippen LogP contribution in [-0.2, 0) is 20.7 Å². The van der Waals surface area contributed by atoms with E-state index in [2.05, 4.69) is 36.5 Å². The molecule has 1 saturated heterocycles. The molecule has 2 unspecified atom stereocenters. The van der Waals surface area contributed by atoms with E-state index in [1.807, 2.05) is 4.90 Å². The molecule has 1 heterocycles. The van der Waals surface area contributed by atoms with Gasteiger partial charge in [-0.1, -0.05) is 44.0 Å². The zero-order valence-electron chi connectivity index (χ0n) is 17.3. The number of rotatable bonds is 7. The summed E-state index contributed by atoms with van der Waals surface area (Å²) in [5.74, 6) is 0.492. The summed E-state index contributed by atoms with van der Waals surface area (Å²) in [4.78, 5) is 27.8. The quantitative estimate of drug-likeness (QED) is 0.733. The Hall–Kier alpha value is -1.88. The Morgan fingerprint density at radius 1 is 1.11 bits per heavy atom. The molecule has 0 bridgehead atoms. The lowest BCUT2D eigenvalue weighted by molar-refractivity contribution is -0.139. The number of ether oxygens (including phenoxy) is 1. The Bertz CT molecular complexity index is 652. The minimum Gasteiger partial charge on any atom is -0.383 e. The Labute approximate surface area is 168 Å². The molecular weight excluding hydrogens is 352 g/mol. The Kier molecular flexibility index (Phi) is 7.49. The van der Waals surface area contributed by atoms with Gasteiger partial charge in [-0.2, -0.15) is 0 Å². The van der Waals surface area contributed by atoms with Crippen molar-refractivity contribution in [1.82, 2.24) is 10.2 Å². The highest BCUT2D eigenvalue weighted by Crippen LogP contribution is 2.34. The molecule has 1 aliphatic heterocycles. The first-order valence-electron chi connectivity index (χ1n) is 10.8. The normalized spacial score (nSPS) is 23.0. The first-order chi connectivity index (χ1) is 13.6. The van der Waals surface area contributed by atoms with E-state index in [0.29, 0.717) is 19.7 Å². The summed E-state index contributed by atoms with van der Waals surface area (Å²) >= 11 is 0.